The molecule has 0 saturated carbocycles. The van der Waals surface area contributed by atoms with E-state index >= 15 is 0 Å². The van der Waals surface area contributed by atoms with Gasteiger partial charge in [0.1, 0.15) is 6.04 Å². The van der Waals surface area contributed by atoms with E-state index < -0.39 is 6.04 Å². The molecule has 0 aliphatic heterocycles. The fourth-order valence-electron chi connectivity index (χ4n) is 0.933. The number of rotatable bonds is 8. The second kappa shape index (κ2) is 9.81. The summed E-state index contributed by atoms with van der Waals surface area (Å²) in [4.78, 5) is 11.1. The normalized spacial score (nSPS) is 11.8. The minimum absolute atomic E-state index is 0.324. The molecule has 0 heterocycles. The summed E-state index contributed by atoms with van der Waals surface area (Å²) in [7, 11) is 0. The molecular weight excluding hydrogens is 212 g/mol. The van der Waals surface area contributed by atoms with Crippen molar-refractivity contribution < 1.29 is 9.53 Å². The maximum atomic E-state index is 11.1. The van der Waals surface area contributed by atoms with Crippen molar-refractivity contribution in [1.82, 2.24) is 0 Å². The fraction of sp³-hybridized carbons (Fsp3) is 0.800. The zero-order chi connectivity index (χ0) is 11.5. The summed E-state index contributed by atoms with van der Waals surface area (Å²) < 4.78 is 4.78. The number of thioether (sulfide) groups is 1. The van der Waals surface area contributed by atoms with E-state index in [1.165, 1.54) is 0 Å². The van der Waals surface area contributed by atoms with Gasteiger partial charge >= 0.3 is 5.97 Å². The zero-order valence-electron chi connectivity index (χ0n) is 9.07. The van der Waals surface area contributed by atoms with Crippen molar-refractivity contribution in [2.24, 2.45) is 5.73 Å². The molecule has 0 rings (SSSR count). The van der Waals surface area contributed by atoms with Crippen LogP contribution in [-0.2, 0) is 9.53 Å². The van der Waals surface area contributed by atoms with Crippen molar-refractivity contribution in [3.05, 3.63) is 0 Å². The lowest BCUT2D eigenvalue weighted by atomic mass is 10.2. The summed E-state index contributed by atoms with van der Waals surface area (Å²) in [6.45, 7) is 2.14. The van der Waals surface area contributed by atoms with Crippen LogP contribution in [0, 0.1) is 11.3 Å². The highest BCUT2D eigenvalue weighted by Gasteiger charge is 2.13. The number of ether oxygens (including phenoxy) is 1. The Balaban J connectivity index is 3.35. The molecule has 0 aliphatic carbocycles. The van der Waals surface area contributed by atoms with Crippen LogP contribution >= 0.6 is 11.8 Å². The molecule has 1 unspecified atom stereocenters. The molecule has 86 valence electrons. The second-order valence-corrected chi connectivity index (χ2v) is 4.25. The third kappa shape index (κ3) is 8.28. The highest BCUT2D eigenvalue weighted by Crippen LogP contribution is 2.07. The minimum atomic E-state index is -0.506. The topological polar surface area (TPSA) is 76.1 Å². The number of carbonyl (C=O) groups excluding carboxylic acids is 1. The van der Waals surface area contributed by atoms with Gasteiger partial charge in [0, 0.05) is 6.42 Å². The Hall–Kier alpha value is -0.730. The Morgan fingerprint density at radius 2 is 2.33 bits per heavy atom. The van der Waals surface area contributed by atoms with Crippen molar-refractivity contribution in [3.63, 3.8) is 0 Å². The Morgan fingerprint density at radius 1 is 1.60 bits per heavy atom. The van der Waals surface area contributed by atoms with Crippen molar-refractivity contribution in [2.75, 3.05) is 18.1 Å². The number of esters is 1. The predicted octanol–water partition coefficient (Wildman–Crippen LogP) is 1.30. The van der Waals surface area contributed by atoms with Crippen molar-refractivity contribution >= 4 is 17.7 Å². The van der Waals surface area contributed by atoms with Crippen LogP contribution in [0.3, 0.4) is 0 Å². The maximum Gasteiger partial charge on any atom is 0.322 e. The summed E-state index contributed by atoms with van der Waals surface area (Å²) >= 11 is 1.72. The maximum absolute atomic E-state index is 11.1. The smallest absolute Gasteiger partial charge is 0.322 e. The lowest BCUT2D eigenvalue weighted by Gasteiger charge is -2.09. The summed E-state index contributed by atoms with van der Waals surface area (Å²) in [6, 6.07) is 1.58. The van der Waals surface area contributed by atoms with Crippen molar-refractivity contribution in [3.8, 4) is 6.07 Å². The molecule has 0 saturated heterocycles. The van der Waals surface area contributed by atoms with E-state index in [-0.39, 0.29) is 5.97 Å². The molecule has 0 spiro atoms. The molecule has 0 radical (unpaired) electrons. The number of hydrogen-bond donors (Lipinski definition) is 1. The Bertz CT molecular complexity index is 216. The van der Waals surface area contributed by atoms with Crippen LogP contribution < -0.4 is 5.73 Å². The van der Waals surface area contributed by atoms with E-state index in [1.54, 1.807) is 18.7 Å². The summed E-state index contributed by atoms with van der Waals surface area (Å²) in [5.41, 5.74) is 5.60. The van der Waals surface area contributed by atoms with Crippen molar-refractivity contribution in [1.29, 1.82) is 5.26 Å². The van der Waals surface area contributed by atoms with E-state index in [0.29, 0.717) is 19.4 Å². The SMILES string of the molecule is CCOC(=O)C(N)CCSCCCC#N. The molecule has 0 amide bonds. The molecule has 0 aromatic rings. The number of hydrogen-bond acceptors (Lipinski definition) is 5. The van der Waals surface area contributed by atoms with Crippen LogP contribution in [0.15, 0.2) is 0 Å². The zero-order valence-corrected chi connectivity index (χ0v) is 9.89. The Labute approximate surface area is 95.2 Å². The molecule has 0 aromatic heterocycles. The summed E-state index contributed by atoms with van der Waals surface area (Å²) in [5.74, 6) is 1.46. The van der Waals surface area contributed by atoms with Gasteiger partial charge in [-0.25, -0.2) is 0 Å². The standard InChI is InChI=1S/C10H18N2O2S/c1-2-14-10(13)9(12)5-8-15-7-4-3-6-11/h9H,2-5,7-8,12H2,1H3. The predicted molar refractivity (Wildman–Crippen MR) is 61.4 cm³/mol. The molecule has 1 atom stereocenters. The average Bonchev–Trinajstić information content (AvgIpc) is 2.23. The van der Waals surface area contributed by atoms with Crippen LogP contribution in [0.4, 0.5) is 0 Å². The first-order valence-corrected chi connectivity index (χ1v) is 6.24. The lowest BCUT2D eigenvalue weighted by Crippen LogP contribution is -2.32. The van der Waals surface area contributed by atoms with E-state index in [1.807, 2.05) is 0 Å². The van der Waals surface area contributed by atoms with Gasteiger partial charge in [-0.15, -0.1) is 0 Å². The third-order valence-electron chi connectivity index (χ3n) is 1.74. The molecule has 0 fully saturated rings. The van der Waals surface area contributed by atoms with Crippen LogP contribution in [0.5, 0.6) is 0 Å². The number of nitrogens with zero attached hydrogens (tertiary/aromatic N) is 1. The molecule has 0 bridgehead atoms. The largest absolute Gasteiger partial charge is 0.465 e. The molecule has 0 aliphatic rings. The molecular formula is C10H18N2O2S. The highest BCUT2D eigenvalue weighted by atomic mass is 32.2. The molecule has 4 nitrogen and oxygen atoms in total. The minimum Gasteiger partial charge on any atom is -0.465 e. The monoisotopic (exact) mass is 230 g/mol. The Kier molecular flexibility index (Phi) is 9.33. The number of unbranched alkanes of at least 4 members (excludes halogenated alkanes) is 1. The molecule has 5 heteroatoms. The first kappa shape index (κ1) is 14.3. The van der Waals surface area contributed by atoms with Gasteiger partial charge in [-0.3, -0.25) is 4.79 Å². The summed E-state index contributed by atoms with van der Waals surface area (Å²) in [5, 5.41) is 8.30. The van der Waals surface area contributed by atoms with Gasteiger partial charge in [0.2, 0.25) is 0 Å². The quantitative estimate of drug-likeness (QED) is 0.502. The number of nitriles is 1. The van der Waals surface area contributed by atoms with E-state index in [9.17, 15) is 4.79 Å². The van der Waals surface area contributed by atoms with Gasteiger partial charge < -0.3 is 10.5 Å². The number of nitrogens with two attached hydrogens (primary N) is 1. The third-order valence-corrected chi connectivity index (χ3v) is 2.84. The van der Waals surface area contributed by atoms with Crippen LogP contribution in [0.1, 0.15) is 26.2 Å². The molecule has 15 heavy (non-hydrogen) atoms. The van der Waals surface area contributed by atoms with Gasteiger partial charge in [0.25, 0.3) is 0 Å². The van der Waals surface area contributed by atoms with E-state index in [0.717, 1.165) is 17.9 Å². The Morgan fingerprint density at radius 3 is 2.93 bits per heavy atom. The van der Waals surface area contributed by atoms with Gasteiger partial charge in [-0.1, -0.05) is 0 Å². The second-order valence-electron chi connectivity index (χ2n) is 3.02. The number of carbonyl (C=O) groups is 1. The van der Waals surface area contributed by atoms with Gasteiger partial charge in [-0.2, -0.15) is 17.0 Å². The van der Waals surface area contributed by atoms with E-state index in [2.05, 4.69) is 6.07 Å². The van der Waals surface area contributed by atoms with Crippen molar-refractivity contribution in [2.45, 2.75) is 32.2 Å². The van der Waals surface area contributed by atoms with Crippen LogP contribution in [0.25, 0.3) is 0 Å². The van der Waals surface area contributed by atoms with Crippen LogP contribution in [-0.4, -0.2) is 30.1 Å². The summed E-state index contributed by atoms with van der Waals surface area (Å²) in [6.07, 6.45) is 2.13. The van der Waals surface area contributed by atoms with Gasteiger partial charge in [-0.05, 0) is 31.3 Å². The molecule has 0 aromatic carbocycles. The molecule has 2 N–H and O–H groups in total. The average molecular weight is 230 g/mol. The fourth-order valence-corrected chi connectivity index (χ4v) is 1.91. The first-order valence-electron chi connectivity index (χ1n) is 5.09. The van der Waals surface area contributed by atoms with Gasteiger partial charge in [0.15, 0.2) is 0 Å². The lowest BCUT2D eigenvalue weighted by molar-refractivity contribution is -0.144. The first-order chi connectivity index (χ1) is 7.22. The van der Waals surface area contributed by atoms with Gasteiger partial charge in [0.05, 0.1) is 12.7 Å². The highest BCUT2D eigenvalue weighted by molar-refractivity contribution is 7.99. The van der Waals surface area contributed by atoms with E-state index in [4.69, 9.17) is 15.7 Å². The van der Waals surface area contributed by atoms with Crippen LogP contribution in [0.2, 0.25) is 0 Å².